The minimum atomic E-state index is -0.538. The summed E-state index contributed by atoms with van der Waals surface area (Å²) in [4.78, 5) is 35.1. The average Bonchev–Trinajstić information content (AvgIpc) is 3.05. The van der Waals surface area contributed by atoms with Gasteiger partial charge in [0.1, 0.15) is 17.3 Å². The first-order valence-corrected chi connectivity index (χ1v) is 11.0. The molecule has 0 saturated heterocycles. The minimum Gasteiger partial charge on any atom is -0.454 e. The number of nitrogens with zero attached hydrogens (tertiary/aromatic N) is 1. The number of carbonyl (C=O) groups excluding carboxylic acids is 1. The van der Waals surface area contributed by atoms with Gasteiger partial charge in [-0.05, 0) is 55.7 Å². The van der Waals surface area contributed by atoms with Crippen LogP contribution < -0.4 is 5.56 Å². The van der Waals surface area contributed by atoms with Crippen LogP contribution in [0.25, 0.3) is 10.2 Å². The third-order valence-corrected chi connectivity index (χ3v) is 6.85. The van der Waals surface area contributed by atoms with E-state index in [9.17, 15) is 9.59 Å². The van der Waals surface area contributed by atoms with Crippen molar-refractivity contribution in [2.45, 2.75) is 37.2 Å². The second kappa shape index (κ2) is 7.66. The number of aromatic amines is 1. The van der Waals surface area contributed by atoms with Gasteiger partial charge in [-0.25, -0.2) is 9.78 Å². The lowest BCUT2D eigenvalue weighted by atomic mass is 9.97. The lowest BCUT2D eigenvalue weighted by molar-refractivity contribution is 0.0462. The molecule has 0 fully saturated rings. The zero-order chi connectivity index (χ0) is 19.0. The lowest BCUT2D eigenvalue weighted by Gasteiger charge is -2.09. The number of thiophene rings is 1. The zero-order valence-corrected chi connectivity index (χ0v) is 17.0. The average molecular weight is 421 g/mol. The SMILES string of the molecule is CSc1ccc(Cl)c(C(=O)OCc2nc3sc4c(c3c(=O)[nH]2)CCCC4)c1. The number of ether oxygens (including phenoxy) is 1. The van der Waals surface area contributed by atoms with Gasteiger partial charge in [-0.15, -0.1) is 23.1 Å². The number of thioether (sulfide) groups is 1. The van der Waals surface area contributed by atoms with Gasteiger partial charge in [-0.3, -0.25) is 4.79 Å². The molecule has 1 N–H and O–H groups in total. The monoisotopic (exact) mass is 420 g/mol. The van der Waals surface area contributed by atoms with Crippen LogP contribution in [0.2, 0.25) is 5.02 Å². The molecule has 4 rings (SSSR count). The Morgan fingerprint density at radius 2 is 2.19 bits per heavy atom. The van der Waals surface area contributed by atoms with E-state index in [4.69, 9.17) is 16.3 Å². The molecule has 0 amide bonds. The molecule has 0 aliphatic heterocycles. The Labute approximate surface area is 169 Å². The third kappa shape index (κ3) is 3.63. The Hall–Kier alpha value is -1.83. The first-order valence-electron chi connectivity index (χ1n) is 8.61. The van der Waals surface area contributed by atoms with E-state index in [0.29, 0.717) is 21.8 Å². The zero-order valence-electron chi connectivity index (χ0n) is 14.6. The third-order valence-electron chi connectivity index (χ3n) is 4.61. The highest BCUT2D eigenvalue weighted by Gasteiger charge is 2.20. The van der Waals surface area contributed by atoms with Gasteiger partial charge in [-0.2, -0.15) is 0 Å². The number of hydrogen-bond donors (Lipinski definition) is 1. The van der Waals surface area contributed by atoms with Gasteiger partial charge in [0.25, 0.3) is 5.56 Å². The van der Waals surface area contributed by atoms with Crippen molar-refractivity contribution in [1.29, 1.82) is 0 Å². The summed E-state index contributed by atoms with van der Waals surface area (Å²) in [5.41, 5.74) is 1.28. The Kier molecular flexibility index (Phi) is 5.25. The maximum absolute atomic E-state index is 12.5. The molecule has 140 valence electrons. The standard InChI is InChI=1S/C19H17ClN2O3S2/c1-26-10-6-7-13(20)12(8-10)19(24)25-9-15-21-17(23)16-11-4-2-3-5-14(11)27-18(16)22-15/h6-8H,2-5,9H2,1H3,(H,21,22,23). The highest BCUT2D eigenvalue weighted by molar-refractivity contribution is 7.98. The second-order valence-corrected chi connectivity index (χ2v) is 8.70. The van der Waals surface area contributed by atoms with Crippen molar-refractivity contribution in [2.24, 2.45) is 0 Å². The molecular weight excluding hydrogens is 404 g/mol. The van der Waals surface area contributed by atoms with Crippen molar-refractivity contribution >= 4 is 50.9 Å². The molecular formula is C19H17ClN2O3S2. The molecule has 0 radical (unpaired) electrons. The number of rotatable bonds is 4. The Morgan fingerprint density at radius 1 is 1.37 bits per heavy atom. The number of nitrogens with one attached hydrogen (secondary N) is 1. The largest absolute Gasteiger partial charge is 0.454 e. The number of fused-ring (bicyclic) bond motifs is 3. The van der Waals surface area contributed by atoms with Crippen LogP contribution in [0.15, 0.2) is 27.9 Å². The molecule has 1 aliphatic rings. The molecule has 8 heteroatoms. The lowest BCUT2D eigenvalue weighted by Crippen LogP contribution is -2.15. The Morgan fingerprint density at radius 3 is 3.00 bits per heavy atom. The number of hydrogen-bond acceptors (Lipinski definition) is 6. The van der Waals surface area contributed by atoms with Gasteiger partial charge in [0.15, 0.2) is 0 Å². The van der Waals surface area contributed by atoms with Crippen LogP contribution in [0.4, 0.5) is 0 Å². The number of halogens is 1. The minimum absolute atomic E-state index is 0.105. The fourth-order valence-corrected chi connectivity index (χ4v) is 5.19. The Bertz CT molecular complexity index is 1090. The molecule has 5 nitrogen and oxygen atoms in total. The number of benzene rings is 1. The van der Waals surface area contributed by atoms with Crippen LogP contribution in [0.1, 0.15) is 39.5 Å². The summed E-state index contributed by atoms with van der Waals surface area (Å²) in [5.74, 6) is -0.194. The van der Waals surface area contributed by atoms with Gasteiger partial charge >= 0.3 is 5.97 Å². The van der Waals surface area contributed by atoms with E-state index in [2.05, 4.69) is 9.97 Å². The smallest absolute Gasteiger partial charge is 0.340 e. The van der Waals surface area contributed by atoms with Gasteiger partial charge < -0.3 is 9.72 Å². The Balaban J connectivity index is 1.57. The summed E-state index contributed by atoms with van der Waals surface area (Å²) < 4.78 is 5.34. The number of H-pyrrole nitrogens is 1. The molecule has 2 heterocycles. The van der Waals surface area contributed by atoms with Crippen LogP contribution in [0.5, 0.6) is 0 Å². The van der Waals surface area contributed by atoms with Crippen molar-refractivity contribution in [3.8, 4) is 0 Å². The summed E-state index contributed by atoms with van der Waals surface area (Å²) in [6.07, 6.45) is 6.11. The van der Waals surface area contributed by atoms with Crippen molar-refractivity contribution < 1.29 is 9.53 Å². The predicted octanol–water partition coefficient (Wildman–Crippen LogP) is 4.60. The van der Waals surface area contributed by atoms with Crippen LogP contribution >= 0.6 is 34.7 Å². The summed E-state index contributed by atoms with van der Waals surface area (Å²) in [6.45, 7) is -0.105. The molecule has 2 aromatic heterocycles. The van der Waals surface area contributed by atoms with Gasteiger partial charge in [0, 0.05) is 9.77 Å². The van der Waals surface area contributed by atoms with Crippen LogP contribution in [0, 0.1) is 0 Å². The second-order valence-electron chi connectivity index (χ2n) is 6.33. The highest BCUT2D eigenvalue weighted by Crippen LogP contribution is 2.33. The summed E-state index contributed by atoms with van der Waals surface area (Å²) in [5, 5.41) is 1.03. The van der Waals surface area contributed by atoms with E-state index in [-0.39, 0.29) is 12.2 Å². The molecule has 1 aliphatic carbocycles. The van der Waals surface area contributed by atoms with Crippen LogP contribution in [-0.2, 0) is 24.2 Å². The first-order chi connectivity index (χ1) is 13.1. The molecule has 3 aromatic rings. The summed E-state index contributed by atoms with van der Waals surface area (Å²) >= 11 is 9.19. The number of aryl methyl sites for hydroxylation is 2. The first kappa shape index (κ1) is 18.5. The molecule has 1 aromatic carbocycles. The van der Waals surface area contributed by atoms with Gasteiger partial charge in [-0.1, -0.05) is 11.6 Å². The number of carbonyl (C=O) groups is 1. The van der Waals surface area contributed by atoms with E-state index < -0.39 is 5.97 Å². The predicted molar refractivity (Wildman–Crippen MR) is 109 cm³/mol. The number of esters is 1. The van der Waals surface area contributed by atoms with Crippen molar-refractivity contribution in [2.75, 3.05) is 6.26 Å². The van der Waals surface area contributed by atoms with Crippen LogP contribution in [0.3, 0.4) is 0 Å². The van der Waals surface area contributed by atoms with Crippen molar-refractivity contribution in [3.63, 3.8) is 0 Å². The van der Waals surface area contributed by atoms with Gasteiger partial charge in [0.2, 0.25) is 0 Å². The quantitative estimate of drug-likeness (QED) is 0.493. The van der Waals surface area contributed by atoms with Crippen molar-refractivity contribution in [3.05, 3.63) is 55.4 Å². The van der Waals surface area contributed by atoms with E-state index in [1.807, 2.05) is 12.3 Å². The molecule has 0 bridgehead atoms. The topological polar surface area (TPSA) is 72.0 Å². The summed E-state index contributed by atoms with van der Waals surface area (Å²) in [7, 11) is 0. The van der Waals surface area contributed by atoms with E-state index >= 15 is 0 Å². The van der Waals surface area contributed by atoms with Crippen LogP contribution in [-0.4, -0.2) is 22.2 Å². The maximum atomic E-state index is 12.5. The highest BCUT2D eigenvalue weighted by atomic mass is 35.5. The normalized spacial score (nSPS) is 13.6. The maximum Gasteiger partial charge on any atom is 0.340 e. The summed E-state index contributed by atoms with van der Waals surface area (Å²) in [6, 6.07) is 5.21. The van der Waals surface area contributed by atoms with E-state index in [1.54, 1.807) is 23.5 Å². The van der Waals surface area contributed by atoms with E-state index in [0.717, 1.165) is 41.0 Å². The van der Waals surface area contributed by atoms with Gasteiger partial charge in [0.05, 0.1) is 16.0 Å². The van der Waals surface area contributed by atoms with Crippen molar-refractivity contribution in [1.82, 2.24) is 9.97 Å². The molecule has 27 heavy (non-hydrogen) atoms. The molecule has 0 atom stereocenters. The molecule has 0 saturated carbocycles. The van der Waals surface area contributed by atoms with E-state index in [1.165, 1.54) is 16.6 Å². The fraction of sp³-hybridized carbons (Fsp3) is 0.316. The number of aromatic nitrogens is 2. The fourth-order valence-electron chi connectivity index (χ4n) is 3.28. The molecule has 0 unspecified atom stereocenters. The molecule has 0 spiro atoms.